The van der Waals surface area contributed by atoms with Gasteiger partial charge in [-0.15, -0.1) is 0 Å². The predicted molar refractivity (Wildman–Crippen MR) is 94.7 cm³/mol. The number of phenols is 1. The summed E-state index contributed by atoms with van der Waals surface area (Å²) in [5, 5.41) is 23.7. The molecule has 6 nitrogen and oxygen atoms in total. The van der Waals surface area contributed by atoms with Crippen molar-refractivity contribution in [3.8, 4) is 5.75 Å². The number of carboxylic acid groups (broad SMARTS) is 1. The van der Waals surface area contributed by atoms with Crippen LogP contribution in [0.2, 0.25) is 0 Å². The molecule has 124 valence electrons. The molecular formula is C17H16N2O4S. The molecule has 24 heavy (non-hydrogen) atoms. The molecular weight excluding hydrogens is 328 g/mol. The number of nitrogens with one attached hydrogen (secondary N) is 2. The molecule has 0 heterocycles. The average molecular weight is 344 g/mol. The van der Waals surface area contributed by atoms with Crippen molar-refractivity contribution < 1.29 is 19.8 Å². The van der Waals surface area contributed by atoms with E-state index < -0.39 is 5.97 Å². The molecule has 0 radical (unpaired) electrons. The van der Waals surface area contributed by atoms with Crippen LogP contribution >= 0.6 is 12.2 Å². The van der Waals surface area contributed by atoms with Gasteiger partial charge in [-0.05, 0) is 67.5 Å². The molecule has 0 spiro atoms. The molecule has 0 aliphatic heterocycles. The summed E-state index contributed by atoms with van der Waals surface area (Å²) in [5.74, 6) is -1.98. The van der Waals surface area contributed by atoms with Crippen molar-refractivity contribution in [2.45, 2.75) is 13.8 Å². The number of amides is 1. The van der Waals surface area contributed by atoms with Crippen molar-refractivity contribution in [1.29, 1.82) is 0 Å². The van der Waals surface area contributed by atoms with E-state index in [0.717, 1.165) is 11.1 Å². The van der Waals surface area contributed by atoms with Crippen LogP contribution < -0.4 is 10.6 Å². The van der Waals surface area contributed by atoms with Gasteiger partial charge in [-0.2, -0.15) is 0 Å². The van der Waals surface area contributed by atoms with Crippen LogP contribution in [0.25, 0.3) is 0 Å². The third kappa shape index (κ3) is 4.08. The Bertz CT molecular complexity index is 833. The lowest BCUT2D eigenvalue weighted by atomic mass is 10.1. The molecule has 0 bridgehead atoms. The van der Waals surface area contributed by atoms with Crippen molar-refractivity contribution in [2.75, 3.05) is 5.32 Å². The van der Waals surface area contributed by atoms with Gasteiger partial charge >= 0.3 is 5.97 Å². The van der Waals surface area contributed by atoms with Gasteiger partial charge in [0, 0.05) is 11.3 Å². The fourth-order valence-electron chi connectivity index (χ4n) is 2.01. The number of carboxylic acids is 1. The predicted octanol–water partition coefficient (Wildman–Crippen LogP) is 2.83. The zero-order valence-corrected chi connectivity index (χ0v) is 13.9. The van der Waals surface area contributed by atoms with E-state index in [9.17, 15) is 14.7 Å². The van der Waals surface area contributed by atoms with Crippen molar-refractivity contribution in [3.63, 3.8) is 0 Å². The molecule has 0 atom stereocenters. The van der Waals surface area contributed by atoms with Gasteiger partial charge in [-0.1, -0.05) is 6.07 Å². The monoisotopic (exact) mass is 344 g/mol. The first-order valence-corrected chi connectivity index (χ1v) is 7.44. The van der Waals surface area contributed by atoms with E-state index in [1.54, 1.807) is 12.1 Å². The summed E-state index contributed by atoms with van der Waals surface area (Å²) in [5.41, 5.74) is 2.63. The number of anilines is 1. The minimum atomic E-state index is -1.26. The zero-order chi connectivity index (χ0) is 17.9. The minimum Gasteiger partial charge on any atom is -0.507 e. The third-order valence-corrected chi connectivity index (χ3v) is 3.69. The van der Waals surface area contributed by atoms with E-state index in [1.807, 2.05) is 19.9 Å². The van der Waals surface area contributed by atoms with E-state index in [2.05, 4.69) is 10.6 Å². The SMILES string of the molecule is Cc1ccc(C(=O)NC(=S)Nc2ccc(O)c(C(=O)O)c2)cc1C. The number of hydrogen-bond donors (Lipinski definition) is 4. The lowest BCUT2D eigenvalue weighted by Crippen LogP contribution is -2.34. The molecule has 4 N–H and O–H groups in total. The fourth-order valence-corrected chi connectivity index (χ4v) is 2.22. The van der Waals surface area contributed by atoms with E-state index in [-0.39, 0.29) is 22.3 Å². The second-order valence-electron chi connectivity index (χ2n) is 5.24. The molecule has 2 aromatic rings. The number of aryl methyl sites for hydroxylation is 2. The Hall–Kier alpha value is -2.93. The lowest BCUT2D eigenvalue weighted by molar-refractivity contribution is 0.0693. The highest BCUT2D eigenvalue weighted by Gasteiger charge is 2.12. The van der Waals surface area contributed by atoms with Gasteiger partial charge in [0.25, 0.3) is 5.91 Å². The Morgan fingerprint density at radius 3 is 2.38 bits per heavy atom. The molecule has 0 unspecified atom stereocenters. The van der Waals surface area contributed by atoms with Gasteiger partial charge in [-0.25, -0.2) is 4.79 Å². The highest BCUT2D eigenvalue weighted by molar-refractivity contribution is 7.80. The Morgan fingerprint density at radius 1 is 1.04 bits per heavy atom. The molecule has 0 aromatic heterocycles. The van der Waals surface area contributed by atoms with Gasteiger partial charge in [-0.3, -0.25) is 10.1 Å². The van der Waals surface area contributed by atoms with Gasteiger partial charge in [0.2, 0.25) is 0 Å². The maximum Gasteiger partial charge on any atom is 0.339 e. The summed E-state index contributed by atoms with van der Waals surface area (Å²) in [6.07, 6.45) is 0. The van der Waals surface area contributed by atoms with Crippen LogP contribution in [0, 0.1) is 13.8 Å². The van der Waals surface area contributed by atoms with Gasteiger partial charge < -0.3 is 15.5 Å². The second-order valence-corrected chi connectivity index (χ2v) is 5.65. The first-order chi connectivity index (χ1) is 11.3. The van der Waals surface area contributed by atoms with Gasteiger partial charge in [0.1, 0.15) is 11.3 Å². The van der Waals surface area contributed by atoms with Crippen molar-refractivity contribution in [2.24, 2.45) is 0 Å². The van der Waals surface area contributed by atoms with Crippen molar-refractivity contribution in [1.82, 2.24) is 5.32 Å². The summed E-state index contributed by atoms with van der Waals surface area (Å²) in [4.78, 5) is 23.2. The van der Waals surface area contributed by atoms with Crippen LogP contribution in [-0.2, 0) is 0 Å². The number of aromatic carboxylic acids is 1. The van der Waals surface area contributed by atoms with E-state index >= 15 is 0 Å². The molecule has 0 aliphatic carbocycles. The molecule has 2 rings (SSSR count). The van der Waals surface area contributed by atoms with Crippen LogP contribution in [0.1, 0.15) is 31.8 Å². The number of carbonyl (C=O) groups excluding carboxylic acids is 1. The summed E-state index contributed by atoms with van der Waals surface area (Å²) in [7, 11) is 0. The fraction of sp³-hybridized carbons (Fsp3) is 0.118. The molecule has 0 aliphatic rings. The van der Waals surface area contributed by atoms with E-state index in [4.69, 9.17) is 17.3 Å². The maximum atomic E-state index is 12.2. The van der Waals surface area contributed by atoms with Gasteiger partial charge in [0.15, 0.2) is 5.11 Å². The summed E-state index contributed by atoms with van der Waals surface area (Å²) >= 11 is 5.06. The average Bonchev–Trinajstić information content (AvgIpc) is 2.51. The summed E-state index contributed by atoms with van der Waals surface area (Å²) in [6, 6.07) is 9.22. The van der Waals surface area contributed by atoms with Crippen molar-refractivity contribution in [3.05, 3.63) is 58.7 Å². The summed E-state index contributed by atoms with van der Waals surface area (Å²) < 4.78 is 0. The topological polar surface area (TPSA) is 98.7 Å². The quantitative estimate of drug-likeness (QED) is 0.505. The molecule has 2 aromatic carbocycles. The number of aromatic hydroxyl groups is 1. The number of carbonyl (C=O) groups is 2. The van der Waals surface area contributed by atoms with Crippen LogP contribution in [0.5, 0.6) is 5.75 Å². The minimum absolute atomic E-state index is 0.0280. The highest BCUT2D eigenvalue weighted by Crippen LogP contribution is 2.21. The number of benzene rings is 2. The maximum absolute atomic E-state index is 12.2. The van der Waals surface area contributed by atoms with E-state index in [0.29, 0.717) is 11.3 Å². The first-order valence-electron chi connectivity index (χ1n) is 7.04. The molecule has 0 saturated heterocycles. The second kappa shape index (κ2) is 7.10. The Balaban J connectivity index is 2.07. The molecule has 7 heteroatoms. The lowest BCUT2D eigenvalue weighted by Gasteiger charge is -2.11. The van der Waals surface area contributed by atoms with Gasteiger partial charge in [0.05, 0.1) is 0 Å². The Kier molecular flexibility index (Phi) is 5.15. The smallest absolute Gasteiger partial charge is 0.339 e. The largest absolute Gasteiger partial charge is 0.507 e. The van der Waals surface area contributed by atoms with Crippen molar-refractivity contribution >= 4 is 34.9 Å². The van der Waals surface area contributed by atoms with Crippen LogP contribution in [-0.4, -0.2) is 27.2 Å². The Morgan fingerprint density at radius 2 is 1.75 bits per heavy atom. The number of hydrogen-bond acceptors (Lipinski definition) is 4. The van der Waals surface area contributed by atoms with Crippen LogP contribution in [0.4, 0.5) is 5.69 Å². The summed E-state index contributed by atoms with van der Waals surface area (Å²) in [6.45, 7) is 3.86. The molecule has 0 fully saturated rings. The van der Waals surface area contributed by atoms with Crippen LogP contribution in [0.3, 0.4) is 0 Å². The third-order valence-electron chi connectivity index (χ3n) is 3.48. The molecule has 0 saturated carbocycles. The van der Waals surface area contributed by atoms with Crippen LogP contribution in [0.15, 0.2) is 36.4 Å². The first kappa shape index (κ1) is 17.4. The highest BCUT2D eigenvalue weighted by atomic mass is 32.1. The molecule has 1 amide bonds. The standard InChI is InChI=1S/C17H16N2O4S/c1-9-3-4-11(7-10(9)2)15(21)19-17(24)18-12-5-6-14(20)13(8-12)16(22)23/h3-8,20H,1-2H3,(H,22,23)(H2,18,19,21,24). The van der Waals surface area contributed by atoms with E-state index in [1.165, 1.54) is 18.2 Å². The number of rotatable bonds is 3. The Labute approximate surface area is 144 Å². The normalized spacial score (nSPS) is 10.1. The zero-order valence-electron chi connectivity index (χ0n) is 13.1. The number of thiocarbonyl (C=S) groups is 1.